The smallest absolute Gasteiger partial charge is 0.0774 e. The largest absolute Gasteiger partial charge is 0.256 e. The van der Waals surface area contributed by atoms with Crippen molar-refractivity contribution < 1.29 is 0 Å². The van der Waals surface area contributed by atoms with E-state index in [1.807, 2.05) is 55.6 Å². The maximum absolute atomic E-state index is 4.52. The summed E-state index contributed by atoms with van der Waals surface area (Å²) >= 11 is 0. The Bertz CT molecular complexity index is 468. The average Bonchev–Trinajstić information content (AvgIpc) is 2.42. The standard InChI is InChI=1S/C16H15N/c1-2-13-17-16(14-9-5-3-6-10-14)15-11-7-4-8-12-15/h2-13H,1H3. The number of hydrogen-bond acceptors (Lipinski definition) is 1. The molecule has 1 heteroatoms. The monoisotopic (exact) mass is 221 g/mol. The van der Waals surface area contributed by atoms with E-state index in [0.717, 1.165) is 16.8 Å². The molecule has 0 heterocycles. The number of rotatable bonds is 3. The highest BCUT2D eigenvalue weighted by Crippen LogP contribution is 2.11. The molecule has 84 valence electrons. The highest BCUT2D eigenvalue weighted by atomic mass is 14.7. The third-order valence-corrected chi connectivity index (χ3v) is 2.45. The maximum Gasteiger partial charge on any atom is 0.0774 e. The summed E-state index contributed by atoms with van der Waals surface area (Å²) in [6.07, 6.45) is 3.77. The zero-order valence-corrected chi connectivity index (χ0v) is 9.88. The molecule has 0 amide bonds. The van der Waals surface area contributed by atoms with Gasteiger partial charge in [0.25, 0.3) is 0 Å². The molecule has 0 radical (unpaired) electrons. The van der Waals surface area contributed by atoms with Crippen LogP contribution < -0.4 is 0 Å². The fraction of sp³-hybridized carbons (Fsp3) is 0.0625. The minimum atomic E-state index is 1.00. The molecule has 0 aromatic heterocycles. The molecule has 0 aliphatic carbocycles. The van der Waals surface area contributed by atoms with Crippen LogP contribution in [0.4, 0.5) is 0 Å². The molecule has 0 N–H and O–H groups in total. The van der Waals surface area contributed by atoms with E-state index >= 15 is 0 Å². The molecule has 0 unspecified atom stereocenters. The Labute approximate surface area is 102 Å². The molecule has 1 nitrogen and oxygen atoms in total. The number of benzene rings is 2. The van der Waals surface area contributed by atoms with Crippen molar-refractivity contribution in [3.63, 3.8) is 0 Å². The van der Waals surface area contributed by atoms with Crippen molar-refractivity contribution in [2.75, 3.05) is 0 Å². The minimum Gasteiger partial charge on any atom is -0.256 e. The van der Waals surface area contributed by atoms with Crippen LogP contribution >= 0.6 is 0 Å². The maximum atomic E-state index is 4.52. The fourth-order valence-corrected chi connectivity index (χ4v) is 1.66. The lowest BCUT2D eigenvalue weighted by molar-refractivity contribution is 1.47. The zero-order valence-electron chi connectivity index (χ0n) is 9.88. The van der Waals surface area contributed by atoms with Crippen LogP contribution in [0.1, 0.15) is 18.1 Å². The van der Waals surface area contributed by atoms with E-state index in [4.69, 9.17) is 0 Å². The Morgan fingerprint density at radius 1 is 0.824 bits per heavy atom. The van der Waals surface area contributed by atoms with Gasteiger partial charge in [0, 0.05) is 17.3 Å². The van der Waals surface area contributed by atoms with Crippen LogP contribution in [-0.2, 0) is 0 Å². The molecule has 2 aromatic carbocycles. The summed E-state index contributed by atoms with van der Waals surface area (Å²) in [4.78, 5) is 4.52. The second-order valence-corrected chi connectivity index (χ2v) is 3.69. The fourth-order valence-electron chi connectivity index (χ4n) is 1.66. The topological polar surface area (TPSA) is 12.4 Å². The first-order chi connectivity index (χ1) is 8.42. The summed E-state index contributed by atoms with van der Waals surface area (Å²) in [6.45, 7) is 1.97. The normalized spacial score (nSPS) is 10.4. The molecule has 0 bridgehead atoms. The van der Waals surface area contributed by atoms with Gasteiger partial charge in [-0.3, -0.25) is 4.99 Å². The lowest BCUT2D eigenvalue weighted by atomic mass is 10.0. The Balaban J connectivity index is 2.47. The number of nitrogens with zero attached hydrogens (tertiary/aromatic N) is 1. The van der Waals surface area contributed by atoms with Crippen molar-refractivity contribution in [3.05, 3.63) is 84.1 Å². The molecule has 0 atom stereocenters. The first kappa shape index (κ1) is 11.3. The highest BCUT2D eigenvalue weighted by molar-refractivity contribution is 6.13. The van der Waals surface area contributed by atoms with Crippen LogP contribution in [0.3, 0.4) is 0 Å². The number of hydrogen-bond donors (Lipinski definition) is 0. The van der Waals surface area contributed by atoms with Crippen molar-refractivity contribution in [2.45, 2.75) is 6.92 Å². The highest BCUT2D eigenvalue weighted by Gasteiger charge is 2.04. The van der Waals surface area contributed by atoms with Gasteiger partial charge in [0.2, 0.25) is 0 Å². The molecule has 0 saturated heterocycles. The van der Waals surface area contributed by atoms with Crippen LogP contribution in [0.25, 0.3) is 0 Å². The summed E-state index contributed by atoms with van der Waals surface area (Å²) < 4.78 is 0. The molecule has 0 fully saturated rings. The van der Waals surface area contributed by atoms with E-state index in [0.29, 0.717) is 0 Å². The zero-order chi connectivity index (χ0) is 11.9. The van der Waals surface area contributed by atoms with Crippen LogP contribution in [0.5, 0.6) is 0 Å². The summed E-state index contributed by atoms with van der Waals surface area (Å²) in [6, 6.07) is 20.5. The van der Waals surface area contributed by atoms with Crippen molar-refractivity contribution >= 4 is 5.71 Å². The average molecular weight is 221 g/mol. The molecule has 0 aliphatic heterocycles. The summed E-state index contributed by atoms with van der Waals surface area (Å²) in [7, 11) is 0. The van der Waals surface area contributed by atoms with Gasteiger partial charge in [-0.2, -0.15) is 0 Å². The van der Waals surface area contributed by atoms with E-state index in [1.54, 1.807) is 0 Å². The van der Waals surface area contributed by atoms with E-state index in [9.17, 15) is 0 Å². The first-order valence-electron chi connectivity index (χ1n) is 5.71. The van der Waals surface area contributed by atoms with Crippen LogP contribution in [0, 0.1) is 0 Å². The molecular weight excluding hydrogens is 206 g/mol. The molecule has 0 saturated carbocycles. The Morgan fingerprint density at radius 3 is 1.71 bits per heavy atom. The van der Waals surface area contributed by atoms with Gasteiger partial charge in [0.05, 0.1) is 5.71 Å². The molecule has 2 rings (SSSR count). The van der Waals surface area contributed by atoms with Gasteiger partial charge in [-0.1, -0.05) is 66.7 Å². The first-order valence-corrected chi connectivity index (χ1v) is 5.71. The predicted molar refractivity (Wildman–Crippen MR) is 73.3 cm³/mol. The van der Waals surface area contributed by atoms with Gasteiger partial charge >= 0.3 is 0 Å². The molecule has 2 aromatic rings. The number of allylic oxidation sites excluding steroid dienone is 1. The van der Waals surface area contributed by atoms with Crippen molar-refractivity contribution in [1.29, 1.82) is 0 Å². The van der Waals surface area contributed by atoms with Gasteiger partial charge in [0.1, 0.15) is 0 Å². The van der Waals surface area contributed by atoms with Crippen LogP contribution in [0.15, 0.2) is 77.9 Å². The SMILES string of the molecule is CC=CN=C(c1ccccc1)c1ccccc1. The molecule has 17 heavy (non-hydrogen) atoms. The van der Waals surface area contributed by atoms with E-state index in [1.165, 1.54) is 0 Å². The third-order valence-electron chi connectivity index (χ3n) is 2.45. The molecule has 0 aliphatic rings. The van der Waals surface area contributed by atoms with Crippen molar-refractivity contribution in [1.82, 2.24) is 0 Å². The second kappa shape index (κ2) is 5.80. The quantitative estimate of drug-likeness (QED) is 0.693. The van der Waals surface area contributed by atoms with E-state index in [2.05, 4.69) is 29.3 Å². The summed E-state index contributed by atoms with van der Waals surface area (Å²) in [5.41, 5.74) is 3.28. The van der Waals surface area contributed by atoms with Crippen LogP contribution in [-0.4, -0.2) is 5.71 Å². The van der Waals surface area contributed by atoms with Gasteiger partial charge in [-0.05, 0) is 6.92 Å². The second-order valence-electron chi connectivity index (χ2n) is 3.69. The van der Waals surface area contributed by atoms with Crippen molar-refractivity contribution in [3.8, 4) is 0 Å². The Kier molecular flexibility index (Phi) is 3.87. The molecule has 0 spiro atoms. The summed E-state index contributed by atoms with van der Waals surface area (Å²) in [5.74, 6) is 0. The number of aliphatic imine (C=N–C) groups is 1. The predicted octanol–water partition coefficient (Wildman–Crippen LogP) is 4.06. The Hall–Kier alpha value is -2.15. The van der Waals surface area contributed by atoms with Gasteiger partial charge in [0.15, 0.2) is 0 Å². The Morgan fingerprint density at radius 2 is 1.29 bits per heavy atom. The lowest BCUT2D eigenvalue weighted by Crippen LogP contribution is -2.02. The van der Waals surface area contributed by atoms with Gasteiger partial charge < -0.3 is 0 Å². The van der Waals surface area contributed by atoms with E-state index in [-0.39, 0.29) is 0 Å². The van der Waals surface area contributed by atoms with Gasteiger partial charge in [-0.25, -0.2) is 0 Å². The molecular formula is C16H15N. The lowest BCUT2D eigenvalue weighted by Gasteiger charge is -2.05. The van der Waals surface area contributed by atoms with Crippen LogP contribution in [0.2, 0.25) is 0 Å². The third kappa shape index (κ3) is 2.91. The van der Waals surface area contributed by atoms with E-state index < -0.39 is 0 Å². The minimum absolute atomic E-state index is 1.00. The van der Waals surface area contributed by atoms with Gasteiger partial charge in [-0.15, -0.1) is 0 Å². The summed E-state index contributed by atoms with van der Waals surface area (Å²) in [5, 5.41) is 0. The van der Waals surface area contributed by atoms with Crippen molar-refractivity contribution in [2.24, 2.45) is 4.99 Å².